The van der Waals surface area contributed by atoms with Gasteiger partial charge in [-0.2, -0.15) is 5.48 Å². The SMILES string of the molecule is CCCCc1oc2ccccc2c1CNOCC(N)=O. The molecular formula is C15H20N2O3. The number of unbranched alkanes of at least 4 members (excludes halogenated alkanes) is 1. The van der Waals surface area contributed by atoms with Crippen LogP contribution in [0.4, 0.5) is 0 Å². The van der Waals surface area contributed by atoms with E-state index in [1.54, 1.807) is 0 Å². The molecule has 108 valence electrons. The number of primary amides is 1. The monoisotopic (exact) mass is 276 g/mol. The minimum absolute atomic E-state index is 0.139. The van der Waals surface area contributed by atoms with Crippen molar-refractivity contribution < 1.29 is 14.0 Å². The summed E-state index contributed by atoms with van der Waals surface area (Å²) in [5.74, 6) is 0.476. The number of hydroxylamine groups is 1. The second kappa shape index (κ2) is 7.07. The normalized spacial score (nSPS) is 11.1. The van der Waals surface area contributed by atoms with Gasteiger partial charge < -0.3 is 10.2 Å². The van der Waals surface area contributed by atoms with Crippen LogP contribution in [0.15, 0.2) is 28.7 Å². The van der Waals surface area contributed by atoms with Crippen molar-refractivity contribution >= 4 is 16.9 Å². The largest absolute Gasteiger partial charge is 0.461 e. The van der Waals surface area contributed by atoms with Gasteiger partial charge in [0.15, 0.2) is 0 Å². The zero-order chi connectivity index (χ0) is 14.4. The van der Waals surface area contributed by atoms with Gasteiger partial charge in [0, 0.05) is 17.4 Å². The summed E-state index contributed by atoms with van der Waals surface area (Å²) in [6, 6.07) is 7.92. The van der Waals surface area contributed by atoms with Crippen LogP contribution in [0, 0.1) is 0 Å². The van der Waals surface area contributed by atoms with Crippen LogP contribution in [0.25, 0.3) is 11.0 Å². The van der Waals surface area contributed by atoms with Crippen LogP contribution in [-0.4, -0.2) is 12.5 Å². The van der Waals surface area contributed by atoms with Gasteiger partial charge in [0.25, 0.3) is 0 Å². The Morgan fingerprint density at radius 3 is 2.95 bits per heavy atom. The van der Waals surface area contributed by atoms with Crippen LogP contribution >= 0.6 is 0 Å². The fraction of sp³-hybridized carbons (Fsp3) is 0.400. The van der Waals surface area contributed by atoms with Crippen molar-refractivity contribution in [2.75, 3.05) is 6.61 Å². The van der Waals surface area contributed by atoms with Crippen LogP contribution in [0.3, 0.4) is 0 Å². The molecule has 0 bridgehead atoms. The van der Waals surface area contributed by atoms with Gasteiger partial charge in [-0.3, -0.25) is 9.63 Å². The molecule has 0 aliphatic heterocycles. The number of amides is 1. The van der Waals surface area contributed by atoms with E-state index in [2.05, 4.69) is 12.4 Å². The second-order valence-electron chi connectivity index (χ2n) is 4.68. The Morgan fingerprint density at radius 1 is 1.40 bits per heavy atom. The molecule has 0 aliphatic carbocycles. The highest BCUT2D eigenvalue weighted by atomic mass is 16.6. The maximum atomic E-state index is 10.6. The first-order valence-electron chi connectivity index (χ1n) is 6.84. The number of hydrogen-bond acceptors (Lipinski definition) is 4. The van der Waals surface area contributed by atoms with E-state index in [0.717, 1.165) is 41.6 Å². The maximum absolute atomic E-state index is 10.6. The molecule has 20 heavy (non-hydrogen) atoms. The molecule has 1 heterocycles. The van der Waals surface area contributed by atoms with Gasteiger partial charge in [-0.05, 0) is 12.5 Å². The summed E-state index contributed by atoms with van der Waals surface area (Å²) < 4.78 is 5.89. The summed E-state index contributed by atoms with van der Waals surface area (Å²) in [6.07, 6.45) is 3.09. The molecule has 2 aromatic rings. The number of nitrogens with one attached hydrogen (secondary N) is 1. The number of rotatable bonds is 8. The molecule has 5 heteroatoms. The highest BCUT2D eigenvalue weighted by molar-refractivity contribution is 5.82. The number of carbonyl (C=O) groups excluding carboxylic acids is 1. The van der Waals surface area contributed by atoms with Gasteiger partial charge >= 0.3 is 0 Å². The lowest BCUT2D eigenvalue weighted by Crippen LogP contribution is -2.24. The first-order valence-corrected chi connectivity index (χ1v) is 6.84. The van der Waals surface area contributed by atoms with E-state index in [0.29, 0.717) is 6.54 Å². The van der Waals surface area contributed by atoms with Crippen molar-refractivity contribution in [2.45, 2.75) is 32.7 Å². The maximum Gasteiger partial charge on any atom is 0.245 e. The Hall–Kier alpha value is -1.85. The zero-order valence-electron chi connectivity index (χ0n) is 11.6. The van der Waals surface area contributed by atoms with E-state index in [1.807, 2.05) is 24.3 Å². The molecule has 5 nitrogen and oxygen atoms in total. The Bertz CT molecular complexity index is 578. The molecule has 1 aromatic carbocycles. The number of para-hydroxylation sites is 1. The predicted octanol–water partition coefficient (Wildman–Crippen LogP) is 2.28. The van der Waals surface area contributed by atoms with Crippen molar-refractivity contribution in [3.05, 3.63) is 35.6 Å². The van der Waals surface area contributed by atoms with Gasteiger partial charge in [-0.1, -0.05) is 31.5 Å². The van der Waals surface area contributed by atoms with Crippen LogP contribution in [0.5, 0.6) is 0 Å². The molecule has 0 atom stereocenters. The molecule has 0 fully saturated rings. The summed E-state index contributed by atoms with van der Waals surface area (Å²) in [5, 5.41) is 1.08. The van der Waals surface area contributed by atoms with Crippen molar-refractivity contribution in [3.63, 3.8) is 0 Å². The van der Waals surface area contributed by atoms with E-state index in [-0.39, 0.29) is 6.61 Å². The highest BCUT2D eigenvalue weighted by Crippen LogP contribution is 2.27. The summed E-state index contributed by atoms with van der Waals surface area (Å²) in [6.45, 7) is 2.50. The standard InChI is InChI=1S/C15H20N2O3/c1-2-3-7-14-12(9-17-19-10-15(16)18)11-6-4-5-8-13(11)20-14/h4-6,8,17H,2-3,7,9-10H2,1H3,(H2,16,18). The smallest absolute Gasteiger partial charge is 0.245 e. The van der Waals surface area contributed by atoms with Crippen LogP contribution < -0.4 is 11.2 Å². The van der Waals surface area contributed by atoms with Gasteiger partial charge in [0.1, 0.15) is 18.0 Å². The topological polar surface area (TPSA) is 77.5 Å². The number of benzene rings is 1. The minimum Gasteiger partial charge on any atom is -0.461 e. The highest BCUT2D eigenvalue weighted by Gasteiger charge is 2.13. The average molecular weight is 276 g/mol. The summed E-state index contributed by atoms with van der Waals surface area (Å²) in [5.41, 5.74) is 9.74. The second-order valence-corrected chi connectivity index (χ2v) is 4.68. The van der Waals surface area contributed by atoms with Crippen molar-refractivity contribution in [2.24, 2.45) is 5.73 Å². The van der Waals surface area contributed by atoms with E-state index in [1.165, 1.54) is 0 Å². The molecule has 0 spiro atoms. The number of carbonyl (C=O) groups is 1. The van der Waals surface area contributed by atoms with Gasteiger partial charge in [-0.15, -0.1) is 0 Å². The molecule has 1 aromatic heterocycles. The number of nitrogens with two attached hydrogens (primary N) is 1. The van der Waals surface area contributed by atoms with Gasteiger partial charge in [0.05, 0.1) is 6.54 Å². The first-order chi connectivity index (χ1) is 9.72. The molecule has 1 amide bonds. The van der Waals surface area contributed by atoms with E-state index in [4.69, 9.17) is 15.0 Å². The van der Waals surface area contributed by atoms with Crippen LogP contribution in [-0.2, 0) is 22.6 Å². The lowest BCUT2D eigenvalue weighted by Gasteiger charge is -2.05. The van der Waals surface area contributed by atoms with Crippen molar-refractivity contribution in [1.82, 2.24) is 5.48 Å². The van der Waals surface area contributed by atoms with Crippen molar-refractivity contribution in [1.29, 1.82) is 0 Å². The van der Waals surface area contributed by atoms with Gasteiger partial charge in [-0.25, -0.2) is 0 Å². The summed E-state index contributed by atoms with van der Waals surface area (Å²) in [7, 11) is 0. The Balaban J connectivity index is 2.12. The Labute approximate surface area is 118 Å². The lowest BCUT2D eigenvalue weighted by molar-refractivity contribution is -0.125. The summed E-state index contributed by atoms with van der Waals surface area (Å²) >= 11 is 0. The number of aryl methyl sites for hydroxylation is 1. The minimum atomic E-state index is -0.499. The molecule has 0 radical (unpaired) electrons. The fourth-order valence-electron chi connectivity index (χ4n) is 2.13. The molecular weight excluding hydrogens is 256 g/mol. The third-order valence-electron chi connectivity index (χ3n) is 3.10. The first kappa shape index (κ1) is 14.6. The molecule has 3 N–H and O–H groups in total. The quantitative estimate of drug-likeness (QED) is 0.573. The zero-order valence-corrected chi connectivity index (χ0v) is 11.6. The Morgan fingerprint density at radius 2 is 2.20 bits per heavy atom. The lowest BCUT2D eigenvalue weighted by atomic mass is 10.1. The third kappa shape index (κ3) is 3.59. The third-order valence-corrected chi connectivity index (χ3v) is 3.10. The van der Waals surface area contributed by atoms with Crippen LogP contribution in [0.1, 0.15) is 31.1 Å². The Kier molecular flexibility index (Phi) is 5.15. The number of furan rings is 1. The van der Waals surface area contributed by atoms with Gasteiger partial charge in [0.2, 0.25) is 5.91 Å². The molecule has 0 unspecified atom stereocenters. The fourth-order valence-corrected chi connectivity index (χ4v) is 2.13. The number of hydrogen-bond donors (Lipinski definition) is 2. The van der Waals surface area contributed by atoms with E-state index >= 15 is 0 Å². The predicted molar refractivity (Wildman–Crippen MR) is 76.8 cm³/mol. The molecule has 2 rings (SSSR count). The molecule has 0 aliphatic rings. The van der Waals surface area contributed by atoms with E-state index in [9.17, 15) is 4.79 Å². The molecule has 0 saturated carbocycles. The summed E-state index contributed by atoms with van der Waals surface area (Å²) in [4.78, 5) is 15.6. The van der Waals surface area contributed by atoms with E-state index < -0.39 is 5.91 Å². The number of fused-ring (bicyclic) bond motifs is 1. The van der Waals surface area contributed by atoms with Crippen molar-refractivity contribution in [3.8, 4) is 0 Å². The van der Waals surface area contributed by atoms with Crippen LogP contribution in [0.2, 0.25) is 0 Å². The molecule has 0 saturated heterocycles. The average Bonchev–Trinajstić information content (AvgIpc) is 2.79.